The van der Waals surface area contributed by atoms with Crippen molar-refractivity contribution in [1.29, 1.82) is 5.26 Å². The highest BCUT2D eigenvalue weighted by atomic mass is 32.1. The van der Waals surface area contributed by atoms with Crippen LogP contribution in [0.25, 0.3) is 0 Å². The zero-order valence-corrected chi connectivity index (χ0v) is 13.0. The number of nitrogen functional groups attached to an aromatic ring is 1. The molecule has 0 aromatic carbocycles. The lowest BCUT2D eigenvalue weighted by Gasteiger charge is -2.32. The van der Waals surface area contributed by atoms with Crippen LogP contribution in [0.3, 0.4) is 0 Å². The molecule has 2 N–H and O–H groups in total. The van der Waals surface area contributed by atoms with E-state index in [1.807, 2.05) is 13.0 Å². The second kappa shape index (κ2) is 6.78. The van der Waals surface area contributed by atoms with Gasteiger partial charge in [-0.2, -0.15) is 5.26 Å². The molecule has 1 aromatic heterocycles. The van der Waals surface area contributed by atoms with Gasteiger partial charge in [0.1, 0.15) is 21.5 Å². The fourth-order valence-electron chi connectivity index (χ4n) is 2.50. The van der Waals surface area contributed by atoms with Gasteiger partial charge in [-0.3, -0.25) is 0 Å². The molecule has 1 aromatic rings. The summed E-state index contributed by atoms with van der Waals surface area (Å²) < 4.78 is 10.4. The normalized spacial score (nSPS) is 15.8. The van der Waals surface area contributed by atoms with Crippen molar-refractivity contribution >= 4 is 28.0 Å². The smallest absolute Gasteiger partial charge is 0.343 e. The molecule has 0 saturated carbocycles. The molecule has 0 aliphatic carbocycles. The topological polar surface area (TPSA) is 88.6 Å². The molecule has 0 unspecified atom stereocenters. The van der Waals surface area contributed by atoms with Gasteiger partial charge >= 0.3 is 5.97 Å². The number of hydrogen-bond acceptors (Lipinski definition) is 7. The van der Waals surface area contributed by atoms with E-state index < -0.39 is 5.97 Å². The van der Waals surface area contributed by atoms with Crippen LogP contribution in [-0.2, 0) is 9.47 Å². The molecule has 0 spiro atoms. The molecule has 21 heavy (non-hydrogen) atoms. The van der Waals surface area contributed by atoms with Crippen molar-refractivity contribution in [1.82, 2.24) is 0 Å². The summed E-state index contributed by atoms with van der Waals surface area (Å²) in [4.78, 5) is 14.4. The van der Waals surface area contributed by atoms with Crippen LogP contribution in [0.1, 0.15) is 35.0 Å². The van der Waals surface area contributed by atoms with Gasteiger partial charge < -0.3 is 20.1 Å². The first-order valence-corrected chi connectivity index (χ1v) is 7.71. The molecule has 1 aliphatic rings. The third kappa shape index (κ3) is 3.12. The Morgan fingerprint density at radius 1 is 1.52 bits per heavy atom. The van der Waals surface area contributed by atoms with E-state index in [4.69, 9.17) is 20.5 Å². The number of carbonyl (C=O) groups excluding carboxylic acids is 1. The Kier molecular flexibility index (Phi) is 5.04. The molecule has 0 radical (unpaired) electrons. The highest BCUT2D eigenvalue weighted by Crippen LogP contribution is 2.39. The first kappa shape index (κ1) is 15.6. The second-order valence-corrected chi connectivity index (χ2v) is 5.77. The lowest BCUT2D eigenvalue weighted by molar-refractivity contribution is 0.0459. The largest absolute Gasteiger partial charge is 0.465 e. The highest BCUT2D eigenvalue weighted by Gasteiger charge is 2.29. The number of piperidine rings is 1. The maximum atomic E-state index is 11.9. The molecule has 2 rings (SSSR count). The van der Waals surface area contributed by atoms with Crippen LogP contribution in [0.15, 0.2) is 0 Å². The summed E-state index contributed by atoms with van der Waals surface area (Å²) >= 11 is 1.25. The van der Waals surface area contributed by atoms with E-state index in [9.17, 15) is 4.79 Å². The van der Waals surface area contributed by atoms with Crippen LogP contribution < -0.4 is 10.6 Å². The van der Waals surface area contributed by atoms with Crippen LogP contribution >= 0.6 is 11.3 Å². The Balaban J connectivity index is 2.24. The van der Waals surface area contributed by atoms with E-state index in [2.05, 4.69) is 4.90 Å². The zero-order chi connectivity index (χ0) is 15.4. The van der Waals surface area contributed by atoms with Crippen molar-refractivity contribution < 1.29 is 14.3 Å². The molecule has 1 fully saturated rings. The van der Waals surface area contributed by atoms with Crippen LogP contribution in [-0.4, -0.2) is 38.9 Å². The van der Waals surface area contributed by atoms with E-state index >= 15 is 0 Å². The maximum absolute atomic E-state index is 11.9. The number of methoxy groups -OCH3 is 1. The van der Waals surface area contributed by atoms with E-state index in [1.165, 1.54) is 18.4 Å². The van der Waals surface area contributed by atoms with Gasteiger partial charge in [-0.1, -0.05) is 0 Å². The Hall–Kier alpha value is -1.78. The Bertz CT molecular complexity index is 557. The quantitative estimate of drug-likeness (QED) is 0.856. The molecule has 2 heterocycles. The highest BCUT2D eigenvalue weighted by molar-refractivity contribution is 7.17. The summed E-state index contributed by atoms with van der Waals surface area (Å²) in [7, 11) is 1.32. The van der Waals surface area contributed by atoms with E-state index in [0.717, 1.165) is 30.9 Å². The Morgan fingerprint density at radius 3 is 2.71 bits per heavy atom. The molecule has 0 bridgehead atoms. The van der Waals surface area contributed by atoms with Gasteiger partial charge in [0.05, 0.1) is 18.9 Å². The van der Waals surface area contributed by atoms with E-state index in [0.29, 0.717) is 17.0 Å². The average molecular weight is 309 g/mol. The van der Waals surface area contributed by atoms with Gasteiger partial charge in [0.25, 0.3) is 0 Å². The summed E-state index contributed by atoms with van der Waals surface area (Å²) in [5.41, 5.74) is 6.44. The van der Waals surface area contributed by atoms with Gasteiger partial charge in [0.15, 0.2) is 0 Å². The lowest BCUT2D eigenvalue weighted by Crippen LogP contribution is -2.37. The lowest BCUT2D eigenvalue weighted by atomic mass is 10.1. The van der Waals surface area contributed by atoms with Gasteiger partial charge in [0, 0.05) is 19.7 Å². The fourth-order valence-corrected chi connectivity index (χ4v) is 3.56. The van der Waals surface area contributed by atoms with Crippen molar-refractivity contribution in [2.45, 2.75) is 25.9 Å². The molecule has 6 nitrogen and oxygen atoms in total. The number of nitrogens with two attached hydrogens (primary N) is 1. The minimum atomic E-state index is -0.493. The summed E-state index contributed by atoms with van der Waals surface area (Å²) in [6.07, 6.45) is 2.06. The minimum Gasteiger partial charge on any atom is -0.465 e. The first-order valence-electron chi connectivity index (χ1n) is 6.89. The number of anilines is 2. The molecular weight excluding hydrogens is 290 g/mol. The maximum Gasteiger partial charge on any atom is 0.343 e. The number of hydrogen-bond donors (Lipinski definition) is 1. The minimum absolute atomic E-state index is 0.219. The molecule has 1 saturated heterocycles. The van der Waals surface area contributed by atoms with E-state index in [1.54, 1.807) is 0 Å². The number of nitrogens with zero attached hydrogens (tertiary/aromatic N) is 2. The molecular formula is C14H19N3O3S. The standard InChI is InChI=1S/C14H19N3O3S/c1-3-20-9-4-6-17(7-5-9)13-11(14(18)19-2)12(16)10(8-15)21-13/h9H,3-7,16H2,1-2H3. The fraction of sp³-hybridized carbons (Fsp3) is 0.571. The van der Waals surface area contributed by atoms with E-state index in [-0.39, 0.29) is 11.8 Å². The third-order valence-electron chi connectivity index (χ3n) is 3.55. The zero-order valence-electron chi connectivity index (χ0n) is 12.2. The van der Waals surface area contributed by atoms with Gasteiger partial charge in [-0.15, -0.1) is 11.3 Å². The molecule has 7 heteroatoms. The Morgan fingerprint density at radius 2 is 2.19 bits per heavy atom. The summed E-state index contributed by atoms with van der Waals surface area (Å²) in [5, 5.41) is 9.84. The summed E-state index contributed by atoms with van der Waals surface area (Å²) in [5.74, 6) is -0.493. The monoisotopic (exact) mass is 309 g/mol. The third-order valence-corrected chi connectivity index (χ3v) is 4.72. The van der Waals surface area contributed by atoms with Crippen LogP contribution in [0.4, 0.5) is 10.7 Å². The first-order chi connectivity index (χ1) is 10.1. The van der Waals surface area contributed by atoms with Crippen molar-refractivity contribution in [3.8, 4) is 6.07 Å². The second-order valence-electron chi connectivity index (χ2n) is 4.77. The van der Waals surface area contributed by atoms with Crippen LogP contribution in [0.2, 0.25) is 0 Å². The molecule has 0 atom stereocenters. The number of carbonyl (C=O) groups is 1. The molecule has 1 aliphatic heterocycles. The van der Waals surface area contributed by atoms with Crippen molar-refractivity contribution in [3.63, 3.8) is 0 Å². The number of rotatable bonds is 4. The van der Waals surface area contributed by atoms with Gasteiger partial charge in [-0.05, 0) is 19.8 Å². The number of esters is 1. The SMILES string of the molecule is CCOC1CCN(c2sc(C#N)c(N)c2C(=O)OC)CC1. The van der Waals surface area contributed by atoms with Crippen molar-refractivity contribution in [2.75, 3.05) is 37.4 Å². The van der Waals surface area contributed by atoms with Crippen molar-refractivity contribution in [3.05, 3.63) is 10.4 Å². The average Bonchev–Trinajstić information content (AvgIpc) is 2.84. The predicted octanol–water partition coefficient (Wildman–Crippen LogP) is 1.99. The summed E-state index contributed by atoms with van der Waals surface area (Å²) in [6, 6.07) is 2.04. The van der Waals surface area contributed by atoms with Crippen LogP contribution in [0.5, 0.6) is 0 Å². The van der Waals surface area contributed by atoms with Gasteiger partial charge in [0.2, 0.25) is 0 Å². The number of ether oxygens (including phenoxy) is 2. The van der Waals surface area contributed by atoms with Crippen LogP contribution in [0, 0.1) is 11.3 Å². The Labute approximate surface area is 128 Å². The molecule has 114 valence electrons. The van der Waals surface area contributed by atoms with Gasteiger partial charge in [-0.25, -0.2) is 4.79 Å². The summed E-state index contributed by atoms with van der Waals surface area (Å²) in [6.45, 7) is 4.25. The predicted molar refractivity (Wildman–Crippen MR) is 81.6 cm³/mol. The molecule has 0 amide bonds. The number of thiophene rings is 1. The van der Waals surface area contributed by atoms with Crippen molar-refractivity contribution in [2.24, 2.45) is 0 Å². The number of nitriles is 1.